The maximum absolute atomic E-state index is 6.02. The van der Waals surface area contributed by atoms with E-state index in [0.29, 0.717) is 5.41 Å². The van der Waals surface area contributed by atoms with Crippen molar-refractivity contribution in [1.29, 1.82) is 0 Å². The standard InChI is InChI=1S/C13H20BrClN2/c1-13(2,3)7-6-12(17-16)10-8-9(15)4-5-11(10)14/h4-5,8,12,17H,6-7,16H2,1-3H3. The number of benzene rings is 1. The molecule has 0 heterocycles. The Morgan fingerprint density at radius 1 is 1.41 bits per heavy atom. The van der Waals surface area contributed by atoms with Crippen LogP contribution in [0.15, 0.2) is 22.7 Å². The summed E-state index contributed by atoms with van der Waals surface area (Å²) < 4.78 is 1.04. The lowest BCUT2D eigenvalue weighted by Crippen LogP contribution is -2.29. The normalized spacial score (nSPS) is 13.8. The molecule has 1 unspecified atom stereocenters. The third-order valence-electron chi connectivity index (χ3n) is 2.72. The van der Waals surface area contributed by atoms with Crippen molar-refractivity contribution in [2.75, 3.05) is 0 Å². The van der Waals surface area contributed by atoms with E-state index in [0.717, 1.165) is 27.9 Å². The lowest BCUT2D eigenvalue weighted by Gasteiger charge is -2.23. The Balaban J connectivity index is 2.82. The summed E-state index contributed by atoms with van der Waals surface area (Å²) in [6.45, 7) is 6.69. The second-order valence-corrected chi connectivity index (χ2v) is 6.78. The van der Waals surface area contributed by atoms with Gasteiger partial charge in [0, 0.05) is 15.5 Å². The fraction of sp³-hybridized carbons (Fsp3) is 0.538. The summed E-state index contributed by atoms with van der Waals surface area (Å²) in [6, 6.07) is 5.91. The smallest absolute Gasteiger partial charge is 0.0471 e. The van der Waals surface area contributed by atoms with E-state index in [1.807, 2.05) is 18.2 Å². The van der Waals surface area contributed by atoms with Crippen LogP contribution in [0, 0.1) is 5.41 Å². The van der Waals surface area contributed by atoms with Crippen LogP contribution in [-0.4, -0.2) is 0 Å². The number of halogens is 2. The summed E-state index contributed by atoms with van der Waals surface area (Å²) in [5.74, 6) is 5.64. The van der Waals surface area contributed by atoms with Crippen molar-refractivity contribution in [3.05, 3.63) is 33.3 Å². The molecule has 0 saturated carbocycles. The van der Waals surface area contributed by atoms with Gasteiger partial charge in [0.25, 0.3) is 0 Å². The van der Waals surface area contributed by atoms with E-state index in [9.17, 15) is 0 Å². The predicted octanol–water partition coefficient (Wildman–Crippen LogP) is 4.43. The van der Waals surface area contributed by atoms with Crippen LogP contribution in [-0.2, 0) is 0 Å². The molecule has 2 nitrogen and oxygen atoms in total. The van der Waals surface area contributed by atoms with E-state index in [4.69, 9.17) is 17.4 Å². The van der Waals surface area contributed by atoms with Gasteiger partial charge < -0.3 is 0 Å². The van der Waals surface area contributed by atoms with Crippen molar-refractivity contribution in [2.24, 2.45) is 11.3 Å². The van der Waals surface area contributed by atoms with Gasteiger partial charge in [0.05, 0.1) is 0 Å². The van der Waals surface area contributed by atoms with Gasteiger partial charge in [-0.1, -0.05) is 48.3 Å². The second kappa shape index (κ2) is 6.19. The van der Waals surface area contributed by atoms with Crippen LogP contribution in [0.4, 0.5) is 0 Å². The quantitative estimate of drug-likeness (QED) is 0.636. The Labute approximate surface area is 117 Å². The highest BCUT2D eigenvalue weighted by Gasteiger charge is 2.17. The van der Waals surface area contributed by atoms with Gasteiger partial charge in [-0.25, -0.2) is 0 Å². The minimum Gasteiger partial charge on any atom is -0.271 e. The number of hydrogen-bond donors (Lipinski definition) is 2. The fourth-order valence-corrected chi connectivity index (χ4v) is 2.39. The van der Waals surface area contributed by atoms with Gasteiger partial charge in [0.1, 0.15) is 0 Å². The third-order valence-corrected chi connectivity index (χ3v) is 3.67. The zero-order valence-electron chi connectivity index (χ0n) is 10.6. The molecule has 0 amide bonds. The average molecular weight is 320 g/mol. The molecular weight excluding hydrogens is 300 g/mol. The molecule has 3 N–H and O–H groups in total. The zero-order chi connectivity index (χ0) is 13.1. The van der Waals surface area contributed by atoms with Gasteiger partial charge in [0.2, 0.25) is 0 Å². The third kappa shape index (κ3) is 4.96. The number of nitrogens with two attached hydrogens (primary N) is 1. The summed E-state index contributed by atoms with van der Waals surface area (Å²) in [6.07, 6.45) is 2.08. The fourth-order valence-electron chi connectivity index (χ4n) is 1.69. The van der Waals surface area contributed by atoms with Gasteiger partial charge in [-0.15, -0.1) is 0 Å². The highest BCUT2D eigenvalue weighted by molar-refractivity contribution is 9.10. The maximum atomic E-state index is 6.02. The number of nitrogens with one attached hydrogen (secondary N) is 1. The number of hydrogen-bond acceptors (Lipinski definition) is 2. The molecule has 96 valence electrons. The zero-order valence-corrected chi connectivity index (χ0v) is 12.9. The van der Waals surface area contributed by atoms with E-state index >= 15 is 0 Å². The Hall–Kier alpha value is -0.0900. The van der Waals surface area contributed by atoms with E-state index in [1.54, 1.807) is 0 Å². The lowest BCUT2D eigenvalue weighted by atomic mass is 9.87. The van der Waals surface area contributed by atoms with Gasteiger partial charge >= 0.3 is 0 Å². The van der Waals surface area contributed by atoms with E-state index in [-0.39, 0.29) is 6.04 Å². The van der Waals surface area contributed by atoms with Crippen LogP contribution < -0.4 is 11.3 Å². The molecule has 0 saturated heterocycles. The summed E-state index contributed by atoms with van der Waals surface area (Å²) in [7, 11) is 0. The Kier molecular flexibility index (Phi) is 5.45. The average Bonchev–Trinajstić information content (AvgIpc) is 2.22. The first-order valence-electron chi connectivity index (χ1n) is 5.74. The monoisotopic (exact) mass is 318 g/mol. The van der Waals surface area contributed by atoms with Crippen LogP contribution in [0.1, 0.15) is 45.2 Å². The topological polar surface area (TPSA) is 38.0 Å². The lowest BCUT2D eigenvalue weighted by molar-refractivity contribution is 0.333. The molecule has 0 aliphatic carbocycles. The second-order valence-electron chi connectivity index (χ2n) is 5.48. The van der Waals surface area contributed by atoms with Crippen molar-refractivity contribution in [3.8, 4) is 0 Å². The number of rotatable bonds is 4. The minimum absolute atomic E-state index is 0.127. The highest BCUT2D eigenvalue weighted by atomic mass is 79.9. The maximum Gasteiger partial charge on any atom is 0.0471 e. The van der Waals surface area contributed by atoms with Gasteiger partial charge in [-0.2, -0.15) is 0 Å². The first-order valence-corrected chi connectivity index (χ1v) is 6.91. The molecule has 1 aromatic rings. The molecule has 1 rings (SSSR count). The molecule has 17 heavy (non-hydrogen) atoms. The molecule has 0 bridgehead atoms. The molecule has 0 aliphatic heterocycles. The van der Waals surface area contributed by atoms with Crippen LogP contribution in [0.25, 0.3) is 0 Å². The van der Waals surface area contributed by atoms with Crippen LogP contribution >= 0.6 is 27.5 Å². The number of hydrazine groups is 1. The molecule has 0 aliphatic rings. The van der Waals surface area contributed by atoms with Crippen LogP contribution in [0.2, 0.25) is 5.02 Å². The molecule has 0 fully saturated rings. The first kappa shape index (κ1) is 15.0. The van der Waals surface area contributed by atoms with Crippen LogP contribution in [0.5, 0.6) is 0 Å². The SMILES string of the molecule is CC(C)(C)CCC(NN)c1cc(Cl)ccc1Br. The first-order chi connectivity index (χ1) is 7.83. The van der Waals surface area contributed by atoms with Crippen molar-refractivity contribution in [1.82, 2.24) is 5.43 Å². The molecule has 0 spiro atoms. The summed E-state index contributed by atoms with van der Waals surface area (Å²) in [4.78, 5) is 0. The van der Waals surface area contributed by atoms with Gasteiger partial charge in [-0.3, -0.25) is 11.3 Å². The van der Waals surface area contributed by atoms with Crippen molar-refractivity contribution >= 4 is 27.5 Å². The van der Waals surface area contributed by atoms with E-state index < -0.39 is 0 Å². The van der Waals surface area contributed by atoms with Crippen molar-refractivity contribution in [3.63, 3.8) is 0 Å². The summed E-state index contributed by atoms with van der Waals surface area (Å²) >= 11 is 9.56. The highest BCUT2D eigenvalue weighted by Crippen LogP contribution is 2.32. The molecule has 0 radical (unpaired) electrons. The molecular formula is C13H20BrClN2. The summed E-state index contributed by atoms with van der Waals surface area (Å²) in [5, 5.41) is 0.735. The molecule has 4 heteroatoms. The van der Waals surface area contributed by atoms with Crippen LogP contribution in [0.3, 0.4) is 0 Å². The van der Waals surface area contributed by atoms with Gasteiger partial charge in [-0.05, 0) is 42.0 Å². The largest absolute Gasteiger partial charge is 0.271 e. The predicted molar refractivity (Wildman–Crippen MR) is 77.9 cm³/mol. The van der Waals surface area contributed by atoms with E-state index in [2.05, 4.69) is 42.1 Å². The Morgan fingerprint density at radius 3 is 2.59 bits per heavy atom. The van der Waals surface area contributed by atoms with Gasteiger partial charge in [0.15, 0.2) is 0 Å². The van der Waals surface area contributed by atoms with E-state index in [1.165, 1.54) is 0 Å². The van der Waals surface area contributed by atoms with Crippen molar-refractivity contribution < 1.29 is 0 Å². The van der Waals surface area contributed by atoms with Crippen molar-refractivity contribution in [2.45, 2.75) is 39.7 Å². The Bertz CT molecular complexity index is 374. The minimum atomic E-state index is 0.127. The molecule has 1 aromatic carbocycles. The molecule has 1 atom stereocenters. The Morgan fingerprint density at radius 2 is 2.06 bits per heavy atom. The molecule has 0 aromatic heterocycles. The summed E-state index contributed by atoms with van der Waals surface area (Å²) in [5.41, 5.74) is 4.29.